The molecule has 7 heteroatoms. The topological polar surface area (TPSA) is 105 Å². The second-order valence-corrected chi connectivity index (χ2v) is 5.29. The van der Waals surface area contributed by atoms with E-state index in [2.05, 4.69) is 4.74 Å². The fourth-order valence-corrected chi connectivity index (χ4v) is 2.18. The van der Waals surface area contributed by atoms with E-state index in [4.69, 9.17) is 9.47 Å². The van der Waals surface area contributed by atoms with Gasteiger partial charge in [-0.1, -0.05) is 12.8 Å². The van der Waals surface area contributed by atoms with Crippen molar-refractivity contribution in [1.82, 2.24) is 0 Å². The summed E-state index contributed by atoms with van der Waals surface area (Å²) in [4.78, 5) is 10.9. The van der Waals surface area contributed by atoms with Gasteiger partial charge in [-0.15, -0.1) is 0 Å². The lowest BCUT2D eigenvalue weighted by Gasteiger charge is -2.38. The van der Waals surface area contributed by atoms with Crippen LogP contribution in [0.2, 0.25) is 0 Å². The predicted molar refractivity (Wildman–Crippen MR) is 73.4 cm³/mol. The van der Waals surface area contributed by atoms with Crippen LogP contribution in [0.15, 0.2) is 0 Å². The Balaban J connectivity index is 2.11. The molecule has 1 aliphatic heterocycles. The number of hydrogen-bond acceptors (Lipinski definition) is 7. The van der Waals surface area contributed by atoms with Crippen molar-refractivity contribution in [3.05, 3.63) is 0 Å². The smallest absolute Gasteiger partial charge is 0.305 e. The number of rotatable bonds is 8. The first-order chi connectivity index (χ1) is 9.97. The van der Waals surface area contributed by atoms with Crippen LogP contribution in [0.3, 0.4) is 0 Å². The fraction of sp³-hybridized carbons (Fsp3) is 0.929. The minimum Gasteiger partial charge on any atom is -0.469 e. The van der Waals surface area contributed by atoms with Crippen LogP contribution in [-0.4, -0.2) is 65.7 Å². The average Bonchev–Trinajstić information content (AvgIpc) is 2.48. The van der Waals surface area contributed by atoms with Gasteiger partial charge >= 0.3 is 5.97 Å². The highest BCUT2D eigenvalue weighted by atomic mass is 16.7. The molecule has 0 unspecified atom stereocenters. The first kappa shape index (κ1) is 18.3. The van der Waals surface area contributed by atoms with Gasteiger partial charge in [0.15, 0.2) is 6.29 Å². The third kappa shape index (κ3) is 5.88. The molecule has 21 heavy (non-hydrogen) atoms. The number of methoxy groups -OCH3 is 1. The highest BCUT2D eigenvalue weighted by Gasteiger charge is 2.42. The van der Waals surface area contributed by atoms with Gasteiger partial charge in [-0.25, -0.2) is 0 Å². The van der Waals surface area contributed by atoms with Crippen LogP contribution in [-0.2, 0) is 19.0 Å². The summed E-state index contributed by atoms with van der Waals surface area (Å²) in [6.45, 7) is 2.00. The number of aliphatic hydroxyl groups excluding tert-OH is 3. The molecule has 0 aromatic rings. The van der Waals surface area contributed by atoms with Crippen LogP contribution in [0, 0.1) is 0 Å². The minimum atomic E-state index is -1.26. The van der Waals surface area contributed by atoms with E-state index in [1.807, 2.05) is 0 Å². The Morgan fingerprint density at radius 3 is 2.38 bits per heavy atom. The maximum absolute atomic E-state index is 10.9. The molecule has 5 atom stereocenters. The van der Waals surface area contributed by atoms with Crippen LogP contribution in [0.5, 0.6) is 0 Å². The van der Waals surface area contributed by atoms with Gasteiger partial charge in [0.1, 0.15) is 18.3 Å². The maximum Gasteiger partial charge on any atom is 0.305 e. The van der Waals surface area contributed by atoms with Crippen LogP contribution in [0.25, 0.3) is 0 Å². The summed E-state index contributed by atoms with van der Waals surface area (Å²) in [5.74, 6) is -0.202. The normalized spacial score (nSPS) is 32.9. The molecule has 124 valence electrons. The van der Waals surface area contributed by atoms with Gasteiger partial charge in [0.2, 0.25) is 0 Å². The van der Waals surface area contributed by atoms with Crippen molar-refractivity contribution in [2.45, 2.75) is 69.7 Å². The van der Waals surface area contributed by atoms with Gasteiger partial charge in [-0.3, -0.25) is 4.79 Å². The van der Waals surface area contributed by atoms with E-state index >= 15 is 0 Å². The summed E-state index contributed by atoms with van der Waals surface area (Å²) < 4.78 is 15.3. The molecular weight excluding hydrogens is 280 g/mol. The molecule has 3 N–H and O–H groups in total. The van der Waals surface area contributed by atoms with Crippen molar-refractivity contribution in [2.24, 2.45) is 0 Å². The third-order valence-corrected chi connectivity index (χ3v) is 3.59. The monoisotopic (exact) mass is 306 g/mol. The number of hydrogen-bond donors (Lipinski definition) is 3. The number of esters is 1. The largest absolute Gasteiger partial charge is 0.469 e. The van der Waals surface area contributed by atoms with Gasteiger partial charge in [-0.2, -0.15) is 0 Å². The summed E-state index contributed by atoms with van der Waals surface area (Å²) in [7, 11) is 1.37. The number of carbonyl (C=O) groups excluding carboxylic acids is 1. The molecule has 1 rings (SSSR count). The van der Waals surface area contributed by atoms with E-state index in [1.165, 1.54) is 7.11 Å². The number of ether oxygens (including phenoxy) is 3. The summed E-state index contributed by atoms with van der Waals surface area (Å²) in [5, 5.41) is 28.9. The quantitative estimate of drug-likeness (QED) is 0.426. The Labute approximate surface area is 124 Å². The van der Waals surface area contributed by atoms with E-state index in [-0.39, 0.29) is 5.97 Å². The zero-order valence-corrected chi connectivity index (χ0v) is 12.6. The van der Waals surface area contributed by atoms with Gasteiger partial charge in [0, 0.05) is 13.0 Å². The Morgan fingerprint density at radius 2 is 1.71 bits per heavy atom. The molecule has 1 heterocycles. The number of carbonyl (C=O) groups is 1. The van der Waals surface area contributed by atoms with E-state index < -0.39 is 30.7 Å². The molecule has 0 bridgehead atoms. The van der Waals surface area contributed by atoms with Crippen molar-refractivity contribution in [1.29, 1.82) is 0 Å². The lowest BCUT2D eigenvalue weighted by atomic mass is 10.0. The van der Waals surface area contributed by atoms with Gasteiger partial charge in [0.25, 0.3) is 0 Å². The maximum atomic E-state index is 10.9. The molecular formula is C14H26O7. The molecule has 0 radical (unpaired) electrons. The zero-order chi connectivity index (χ0) is 15.8. The fourth-order valence-electron chi connectivity index (χ4n) is 2.18. The van der Waals surface area contributed by atoms with Gasteiger partial charge in [0.05, 0.1) is 13.2 Å². The molecule has 1 fully saturated rings. The van der Waals surface area contributed by atoms with Crippen LogP contribution < -0.4 is 0 Å². The van der Waals surface area contributed by atoms with Crippen molar-refractivity contribution in [3.63, 3.8) is 0 Å². The molecule has 1 aliphatic rings. The first-order valence-electron chi connectivity index (χ1n) is 7.35. The van der Waals surface area contributed by atoms with E-state index in [1.54, 1.807) is 6.92 Å². The SMILES string of the molecule is COC(=O)CCCCCCO[C@H]1O[C@@H](C)[C@@H](O)[C@@H](O)[C@@H]1O. The molecule has 0 aromatic carbocycles. The summed E-state index contributed by atoms with van der Waals surface area (Å²) in [6, 6.07) is 0. The summed E-state index contributed by atoms with van der Waals surface area (Å²) in [6.07, 6.45) is -1.40. The van der Waals surface area contributed by atoms with E-state index in [0.717, 1.165) is 25.7 Å². The highest BCUT2D eigenvalue weighted by Crippen LogP contribution is 2.22. The van der Waals surface area contributed by atoms with Crippen molar-refractivity contribution in [3.8, 4) is 0 Å². The van der Waals surface area contributed by atoms with Crippen LogP contribution in [0.1, 0.15) is 39.0 Å². The summed E-state index contributed by atoms with van der Waals surface area (Å²) in [5.41, 5.74) is 0. The Bertz CT molecular complexity index is 310. The lowest BCUT2D eigenvalue weighted by Crippen LogP contribution is -2.57. The first-order valence-corrected chi connectivity index (χ1v) is 7.35. The molecule has 7 nitrogen and oxygen atoms in total. The zero-order valence-electron chi connectivity index (χ0n) is 12.6. The van der Waals surface area contributed by atoms with Crippen molar-refractivity contribution >= 4 is 5.97 Å². The second kappa shape index (κ2) is 9.32. The Kier molecular flexibility index (Phi) is 8.13. The van der Waals surface area contributed by atoms with Crippen LogP contribution >= 0.6 is 0 Å². The Morgan fingerprint density at radius 1 is 1.05 bits per heavy atom. The second-order valence-electron chi connectivity index (χ2n) is 5.29. The molecule has 0 amide bonds. The Hall–Kier alpha value is -0.730. The number of aliphatic hydroxyl groups is 3. The molecule has 0 spiro atoms. The van der Waals surface area contributed by atoms with E-state index in [9.17, 15) is 20.1 Å². The molecule has 0 saturated carbocycles. The predicted octanol–water partition coefficient (Wildman–Crippen LogP) is -0.0460. The van der Waals surface area contributed by atoms with Crippen molar-refractivity contribution < 1.29 is 34.3 Å². The molecule has 1 saturated heterocycles. The van der Waals surface area contributed by atoms with Crippen molar-refractivity contribution in [2.75, 3.05) is 13.7 Å². The average molecular weight is 306 g/mol. The lowest BCUT2D eigenvalue weighted by molar-refractivity contribution is -0.293. The minimum absolute atomic E-state index is 0.202. The van der Waals surface area contributed by atoms with E-state index in [0.29, 0.717) is 13.0 Å². The number of unbranched alkanes of at least 4 members (excludes halogenated alkanes) is 3. The molecule has 0 aliphatic carbocycles. The molecule has 0 aromatic heterocycles. The standard InChI is InChI=1S/C14H26O7/c1-9-11(16)12(17)13(18)14(21-9)20-8-6-4-3-5-7-10(15)19-2/h9,11-14,16-18H,3-8H2,1-2H3/t9-,11+,12+,13-,14-/m0/s1. The third-order valence-electron chi connectivity index (χ3n) is 3.59. The van der Waals surface area contributed by atoms with Crippen LogP contribution in [0.4, 0.5) is 0 Å². The highest BCUT2D eigenvalue weighted by molar-refractivity contribution is 5.68. The van der Waals surface area contributed by atoms with Gasteiger partial charge < -0.3 is 29.5 Å². The van der Waals surface area contributed by atoms with Gasteiger partial charge in [-0.05, 0) is 19.8 Å². The summed E-state index contributed by atoms with van der Waals surface area (Å²) >= 11 is 0.